The molecular formula is C16H20ClN3O5. The summed E-state index contributed by atoms with van der Waals surface area (Å²) >= 11 is 5.76. The van der Waals surface area contributed by atoms with Gasteiger partial charge in [-0.1, -0.05) is 11.6 Å². The van der Waals surface area contributed by atoms with Crippen molar-refractivity contribution < 1.29 is 19.2 Å². The number of nitro groups is 1. The number of nitrogens with zero attached hydrogens (tertiary/aromatic N) is 2. The molecule has 0 bridgehead atoms. The highest BCUT2D eigenvalue weighted by Gasteiger charge is 2.28. The molecule has 1 N–H and O–H groups in total. The fraction of sp³-hybridized carbons (Fsp3) is 0.500. The topological polar surface area (TPSA) is 102 Å². The first-order chi connectivity index (χ1) is 11.9. The molecule has 0 aliphatic carbocycles. The summed E-state index contributed by atoms with van der Waals surface area (Å²) in [5.41, 5.74) is -0.165. The number of carbonyl (C=O) groups is 2. The number of esters is 1. The molecular weight excluding hydrogens is 350 g/mol. The van der Waals surface area contributed by atoms with Crippen LogP contribution in [0.15, 0.2) is 18.2 Å². The molecule has 9 heteroatoms. The van der Waals surface area contributed by atoms with Crippen molar-refractivity contribution in [3.05, 3.63) is 33.3 Å². The third-order valence-electron chi connectivity index (χ3n) is 3.92. The Labute approximate surface area is 150 Å². The van der Waals surface area contributed by atoms with Gasteiger partial charge in [0.25, 0.3) is 5.69 Å². The number of likely N-dealkylation sites (tertiary alicyclic amines) is 1. The Morgan fingerprint density at radius 2 is 2.24 bits per heavy atom. The monoisotopic (exact) mass is 369 g/mol. The van der Waals surface area contributed by atoms with Gasteiger partial charge in [-0.05, 0) is 38.4 Å². The van der Waals surface area contributed by atoms with Gasteiger partial charge in [0.15, 0.2) is 0 Å². The maximum Gasteiger partial charge on any atom is 0.310 e. The van der Waals surface area contributed by atoms with Gasteiger partial charge >= 0.3 is 5.97 Å². The van der Waals surface area contributed by atoms with Crippen molar-refractivity contribution in [2.75, 3.05) is 31.6 Å². The molecule has 8 nitrogen and oxygen atoms in total. The van der Waals surface area contributed by atoms with Crippen LogP contribution in [0.25, 0.3) is 0 Å². The van der Waals surface area contributed by atoms with Gasteiger partial charge in [0, 0.05) is 17.6 Å². The van der Waals surface area contributed by atoms with E-state index in [4.69, 9.17) is 16.3 Å². The van der Waals surface area contributed by atoms with E-state index >= 15 is 0 Å². The van der Waals surface area contributed by atoms with Crippen LogP contribution in [0.4, 0.5) is 11.4 Å². The maximum atomic E-state index is 12.2. The smallest absolute Gasteiger partial charge is 0.310 e. The number of carbonyl (C=O) groups excluding carboxylic acids is 2. The number of rotatable bonds is 6. The minimum Gasteiger partial charge on any atom is -0.466 e. The number of ether oxygens (including phenoxy) is 1. The molecule has 25 heavy (non-hydrogen) atoms. The second-order valence-corrected chi connectivity index (χ2v) is 6.23. The fourth-order valence-electron chi connectivity index (χ4n) is 2.81. The number of amides is 1. The quantitative estimate of drug-likeness (QED) is 0.469. The zero-order valence-electron chi connectivity index (χ0n) is 13.9. The van der Waals surface area contributed by atoms with Gasteiger partial charge in [-0.2, -0.15) is 0 Å². The molecule has 1 aliphatic rings. The molecule has 1 saturated heterocycles. The van der Waals surface area contributed by atoms with Crippen molar-refractivity contribution in [2.24, 2.45) is 5.92 Å². The third kappa shape index (κ3) is 5.40. The van der Waals surface area contributed by atoms with Crippen molar-refractivity contribution in [3.8, 4) is 0 Å². The molecule has 0 saturated carbocycles. The number of nitro benzene ring substituents is 1. The Bertz CT molecular complexity index is 667. The van der Waals surface area contributed by atoms with Crippen LogP contribution in [0.3, 0.4) is 0 Å². The summed E-state index contributed by atoms with van der Waals surface area (Å²) in [5.74, 6) is -0.873. The molecule has 1 amide bonds. The lowest BCUT2D eigenvalue weighted by atomic mass is 9.98. The van der Waals surface area contributed by atoms with Crippen LogP contribution in [0, 0.1) is 16.0 Å². The average molecular weight is 370 g/mol. The van der Waals surface area contributed by atoms with E-state index in [1.165, 1.54) is 18.2 Å². The second-order valence-electron chi connectivity index (χ2n) is 5.79. The largest absolute Gasteiger partial charge is 0.466 e. The molecule has 0 spiro atoms. The molecule has 0 radical (unpaired) electrons. The average Bonchev–Trinajstić information content (AvgIpc) is 2.56. The number of nitrogens with one attached hydrogen (secondary N) is 1. The predicted molar refractivity (Wildman–Crippen MR) is 92.5 cm³/mol. The zero-order chi connectivity index (χ0) is 18.4. The van der Waals surface area contributed by atoms with E-state index in [9.17, 15) is 19.7 Å². The summed E-state index contributed by atoms with van der Waals surface area (Å²) in [6, 6.07) is 4.06. The summed E-state index contributed by atoms with van der Waals surface area (Å²) in [6.07, 6.45) is 1.53. The Kier molecular flexibility index (Phi) is 6.72. The van der Waals surface area contributed by atoms with E-state index in [2.05, 4.69) is 5.32 Å². The van der Waals surface area contributed by atoms with Crippen molar-refractivity contribution >= 4 is 34.9 Å². The molecule has 1 aliphatic heterocycles. The number of halogens is 1. The van der Waals surface area contributed by atoms with Crippen LogP contribution in [-0.2, 0) is 14.3 Å². The number of hydrogen-bond donors (Lipinski definition) is 1. The highest BCUT2D eigenvalue weighted by molar-refractivity contribution is 6.31. The molecule has 1 aromatic rings. The number of hydrogen-bond acceptors (Lipinski definition) is 6. The Morgan fingerprint density at radius 3 is 2.92 bits per heavy atom. The Hall–Kier alpha value is -2.19. The normalized spacial score (nSPS) is 17.8. The van der Waals surface area contributed by atoms with Crippen molar-refractivity contribution in [1.82, 2.24) is 4.90 Å². The van der Waals surface area contributed by atoms with E-state index in [-0.39, 0.29) is 40.7 Å². The summed E-state index contributed by atoms with van der Waals surface area (Å²) in [7, 11) is 0. The van der Waals surface area contributed by atoms with Crippen LogP contribution in [0.1, 0.15) is 19.8 Å². The lowest BCUT2D eigenvalue weighted by Crippen LogP contribution is -2.43. The van der Waals surface area contributed by atoms with Gasteiger partial charge in [0.2, 0.25) is 5.91 Å². The predicted octanol–water partition coefficient (Wildman–Crippen LogP) is 2.46. The number of benzene rings is 1. The van der Waals surface area contributed by atoms with Gasteiger partial charge in [-0.15, -0.1) is 0 Å². The fourth-order valence-corrected chi connectivity index (χ4v) is 2.97. The van der Waals surface area contributed by atoms with Crippen LogP contribution in [0.5, 0.6) is 0 Å². The number of anilines is 1. The van der Waals surface area contributed by atoms with Gasteiger partial charge in [0.1, 0.15) is 5.69 Å². The van der Waals surface area contributed by atoms with Crippen molar-refractivity contribution in [2.45, 2.75) is 19.8 Å². The summed E-state index contributed by atoms with van der Waals surface area (Å²) in [4.78, 5) is 36.4. The van der Waals surface area contributed by atoms with Crippen LogP contribution >= 0.6 is 11.6 Å². The zero-order valence-corrected chi connectivity index (χ0v) is 14.6. The molecule has 1 aromatic carbocycles. The lowest BCUT2D eigenvalue weighted by molar-refractivity contribution is -0.383. The summed E-state index contributed by atoms with van der Waals surface area (Å²) < 4.78 is 5.03. The van der Waals surface area contributed by atoms with Crippen molar-refractivity contribution in [3.63, 3.8) is 0 Å². The van der Waals surface area contributed by atoms with Gasteiger partial charge in [-0.3, -0.25) is 24.6 Å². The number of piperidine rings is 1. The van der Waals surface area contributed by atoms with Crippen LogP contribution < -0.4 is 5.32 Å². The molecule has 1 fully saturated rings. The van der Waals surface area contributed by atoms with Crippen LogP contribution in [-0.4, -0.2) is 47.9 Å². The van der Waals surface area contributed by atoms with E-state index < -0.39 is 4.92 Å². The molecule has 1 unspecified atom stereocenters. The van der Waals surface area contributed by atoms with E-state index in [1.54, 1.807) is 6.92 Å². The Balaban J connectivity index is 1.96. The molecule has 136 valence electrons. The minimum absolute atomic E-state index is 0.0513. The first-order valence-electron chi connectivity index (χ1n) is 8.03. The second kappa shape index (κ2) is 8.77. The SMILES string of the molecule is CCOC(=O)C1CCCN(CC(=O)Nc2ccc(Cl)cc2[N+](=O)[O-])C1. The minimum atomic E-state index is -0.598. The van der Waals surface area contributed by atoms with Gasteiger partial charge < -0.3 is 10.1 Å². The van der Waals surface area contributed by atoms with E-state index in [0.29, 0.717) is 19.7 Å². The maximum absolute atomic E-state index is 12.2. The molecule has 0 aromatic heterocycles. The summed E-state index contributed by atoms with van der Waals surface area (Å²) in [5, 5.41) is 13.8. The van der Waals surface area contributed by atoms with Gasteiger partial charge in [-0.25, -0.2) is 0 Å². The highest BCUT2D eigenvalue weighted by Crippen LogP contribution is 2.27. The van der Waals surface area contributed by atoms with E-state index in [1.807, 2.05) is 4.90 Å². The lowest BCUT2D eigenvalue weighted by Gasteiger charge is -2.30. The first kappa shape index (κ1) is 19.1. The third-order valence-corrected chi connectivity index (χ3v) is 4.16. The van der Waals surface area contributed by atoms with Crippen molar-refractivity contribution in [1.29, 1.82) is 0 Å². The van der Waals surface area contributed by atoms with Gasteiger partial charge in [0.05, 0.1) is 24.0 Å². The standard InChI is InChI=1S/C16H20ClN3O5/c1-2-25-16(22)11-4-3-7-19(9-11)10-15(21)18-13-6-5-12(17)8-14(13)20(23)24/h5-6,8,11H,2-4,7,9-10H2,1H3,(H,18,21). The highest BCUT2D eigenvalue weighted by atomic mass is 35.5. The Morgan fingerprint density at radius 1 is 1.48 bits per heavy atom. The first-order valence-corrected chi connectivity index (χ1v) is 8.41. The molecule has 2 rings (SSSR count). The van der Waals surface area contributed by atoms with Crippen LogP contribution in [0.2, 0.25) is 5.02 Å². The molecule has 1 heterocycles. The summed E-state index contributed by atoms with van der Waals surface area (Å²) in [6.45, 7) is 3.26. The van der Waals surface area contributed by atoms with E-state index in [0.717, 1.165) is 12.8 Å². The molecule has 1 atom stereocenters.